The molecule has 6 rings (SSSR count). The lowest BCUT2D eigenvalue weighted by molar-refractivity contribution is 0.584. The summed E-state index contributed by atoms with van der Waals surface area (Å²) in [5.41, 5.74) is 5.14. The highest BCUT2D eigenvalue weighted by molar-refractivity contribution is 14.1. The summed E-state index contributed by atoms with van der Waals surface area (Å²) in [4.78, 5) is 26.0. The van der Waals surface area contributed by atoms with E-state index in [4.69, 9.17) is 16.9 Å². The molecule has 2 unspecified atom stereocenters. The lowest BCUT2D eigenvalue weighted by Crippen LogP contribution is -2.06. The SMILES string of the molecule is CC#N.CC(C)n1cnc2c(Cl)nc(I)nc21.CCP(C)(=O)c1ccc(C)cc1.CCP(C)(=O)c1ccc(Nc2nc(C)nc3c2ncn3C(C)C)cc1. The van der Waals surface area contributed by atoms with E-state index in [0.717, 1.165) is 39.3 Å². The minimum Gasteiger partial charge on any atom is -0.338 e. The first kappa shape index (κ1) is 44.7. The van der Waals surface area contributed by atoms with Crippen LogP contribution in [0.2, 0.25) is 5.15 Å². The van der Waals surface area contributed by atoms with Crippen LogP contribution in [-0.4, -0.2) is 64.7 Å². The number of hydrogen-bond acceptors (Lipinski definition) is 10. The van der Waals surface area contributed by atoms with Gasteiger partial charge in [0.25, 0.3) is 0 Å². The number of benzene rings is 2. The third-order valence-corrected chi connectivity index (χ3v) is 14.4. The molecule has 6 aromatic rings. The Morgan fingerprint density at radius 2 is 1.22 bits per heavy atom. The molecule has 4 aromatic heterocycles. The van der Waals surface area contributed by atoms with Gasteiger partial charge in [0.2, 0.25) is 0 Å². The molecule has 1 N–H and O–H groups in total. The van der Waals surface area contributed by atoms with Crippen molar-refractivity contribution >= 4 is 92.9 Å². The standard InChI is InChI=1S/C18H24N5OP.C10H15OP.C8H8ClIN4.C2H3N/c1-6-25(5,24)15-9-7-14(8-10-15)22-17-16-18(21-13(4)20-17)23(11-19-16)12(2)3;1-4-12(3,11)10-7-5-9(2)6-8-10;1-4(2)14-3-11-5-6(9)12-8(10)13-7(5)14;1-2-3/h7-12H,6H2,1-5H3,(H,20,21,22);5-8H,4H2,1-3H3;3-4H,1-2H3;1H3. The Balaban J connectivity index is 0.000000228. The average molecular weight is 903 g/mol. The molecule has 4 heterocycles. The minimum atomic E-state index is -2.25. The molecule has 0 spiro atoms. The summed E-state index contributed by atoms with van der Waals surface area (Å²) in [5.74, 6) is 1.38. The summed E-state index contributed by atoms with van der Waals surface area (Å²) in [6, 6.07) is 18.0. The average Bonchev–Trinajstić information content (AvgIpc) is 3.75. The molecule has 12 nitrogen and oxygen atoms in total. The normalized spacial score (nSPS) is 13.1. The number of fused-ring (bicyclic) bond motifs is 2. The monoisotopic (exact) mass is 902 g/mol. The predicted octanol–water partition coefficient (Wildman–Crippen LogP) is 9.93. The Bertz CT molecular complexity index is 2300. The first-order chi connectivity index (χ1) is 25.4. The van der Waals surface area contributed by atoms with E-state index in [0.29, 0.717) is 38.3 Å². The van der Waals surface area contributed by atoms with E-state index in [1.165, 1.54) is 12.5 Å². The van der Waals surface area contributed by atoms with Gasteiger partial charge in [0.1, 0.15) is 25.6 Å². The molecule has 16 heteroatoms. The van der Waals surface area contributed by atoms with E-state index >= 15 is 0 Å². The topological polar surface area (TPSA) is 157 Å². The summed E-state index contributed by atoms with van der Waals surface area (Å²) in [6.07, 6.45) is 4.95. The van der Waals surface area contributed by atoms with Crippen LogP contribution >= 0.6 is 48.5 Å². The molecule has 0 radical (unpaired) electrons. The quantitative estimate of drug-likeness (QED) is 0.0675. The molecule has 0 amide bonds. The van der Waals surface area contributed by atoms with Crippen LogP contribution in [0.4, 0.5) is 11.5 Å². The van der Waals surface area contributed by atoms with Crippen molar-refractivity contribution in [3.63, 3.8) is 0 Å². The van der Waals surface area contributed by atoms with Crippen LogP contribution in [-0.2, 0) is 9.13 Å². The summed E-state index contributed by atoms with van der Waals surface area (Å²) in [6.45, 7) is 21.3. The number of rotatable bonds is 8. The van der Waals surface area contributed by atoms with E-state index in [1.807, 2.05) is 121 Å². The first-order valence-corrected chi connectivity index (χ1v) is 23.7. The maximum atomic E-state index is 12.5. The molecule has 0 aliphatic carbocycles. The highest BCUT2D eigenvalue weighted by Gasteiger charge is 2.17. The molecular formula is C38H50ClIN10O2P2. The van der Waals surface area contributed by atoms with Crippen LogP contribution in [0, 0.1) is 29.0 Å². The van der Waals surface area contributed by atoms with Gasteiger partial charge in [-0.25, -0.2) is 29.9 Å². The smallest absolute Gasteiger partial charge is 0.194 e. The van der Waals surface area contributed by atoms with Crippen molar-refractivity contribution in [2.75, 3.05) is 31.0 Å². The summed E-state index contributed by atoms with van der Waals surface area (Å²) < 4.78 is 29.0. The van der Waals surface area contributed by atoms with Gasteiger partial charge >= 0.3 is 0 Å². The molecule has 0 aliphatic rings. The second kappa shape index (κ2) is 19.8. The zero-order valence-electron chi connectivity index (χ0n) is 32.8. The number of nitriles is 1. The van der Waals surface area contributed by atoms with Gasteiger partial charge in [-0.1, -0.05) is 55.3 Å². The molecule has 0 bridgehead atoms. The van der Waals surface area contributed by atoms with Crippen molar-refractivity contribution in [3.05, 3.63) is 81.6 Å². The van der Waals surface area contributed by atoms with Crippen LogP contribution in [0.5, 0.6) is 0 Å². The molecule has 54 heavy (non-hydrogen) atoms. The van der Waals surface area contributed by atoms with E-state index in [9.17, 15) is 9.13 Å². The van der Waals surface area contributed by atoms with E-state index in [1.54, 1.807) is 18.7 Å². The Morgan fingerprint density at radius 3 is 1.69 bits per heavy atom. The minimum absolute atomic E-state index is 0.277. The number of aromatic nitrogens is 8. The Morgan fingerprint density at radius 1 is 0.778 bits per heavy atom. The van der Waals surface area contributed by atoms with Gasteiger partial charge in [-0.05, 0) is 79.1 Å². The maximum absolute atomic E-state index is 12.5. The first-order valence-electron chi connectivity index (χ1n) is 17.5. The largest absolute Gasteiger partial charge is 0.338 e. The van der Waals surface area contributed by atoms with Gasteiger partial charge < -0.3 is 23.6 Å². The van der Waals surface area contributed by atoms with Gasteiger partial charge in [-0.3, -0.25) is 0 Å². The fraction of sp³-hybridized carbons (Fsp3) is 0.395. The number of imidazole rings is 2. The fourth-order valence-corrected chi connectivity index (χ4v) is 8.06. The molecular weight excluding hydrogens is 853 g/mol. The molecule has 0 saturated heterocycles. The van der Waals surface area contributed by atoms with Crippen LogP contribution < -0.4 is 15.9 Å². The highest BCUT2D eigenvalue weighted by Crippen LogP contribution is 2.40. The third-order valence-electron chi connectivity index (χ3n) is 8.46. The number of nitrogens with zero attached hydrogens (tertiary/aromatic N) is 9. The molecule has 288 valence electrons. The van der Waals surface area contributed by atoms with Gasteiger partial charge in [0.05, 0.1) is 18.7 Å². The highest BCUT2D eigenvalue weighted by atomic mass is 127. The molecule has 0 aliphatic heterocycles. The lowest BCUT2D eigenvalue weighted by atomic mass is 10.2. The molecule has 0 fully saturated rings. The Labute approximate surface area is 337 Å². The number of aryl methyl sites for hydroxylation is 2. The van der Waals surface area contributed by atoms with Gasteiger partial charge in [0, 0.05) is 70.2 Å². The molecule has 2 atom stereocenters. The van der Waals surface area contributed by atoms with Crippen molar-refractivity contribution in [3.8, 4) is 6.07 Å². The van der Waals surface area contributed by atoms with Crippen LogP contribution in [0.3, 0.4) is 0 Å². The van der Waals surface area contributed by atoms with Crippen molar-refractivity contribution < 1.29 is 9.13 Å². The van der Waals surface area contributed by atoms with Crippen LogP contribution in [0.25, 0.3) is 22.3 Å². The van der Waals surface area contributed by atoms with Crippen LogP contribution in [0.1, 0.15) is 71.9 Å². The van der Waals surface area contributed by atoms with E-state index in [-0.39, 0.29) is 6.04 Å². The molecule has 2 aromatic carbocycles. The summed E-state index contributed by atoms with van der Waals surface area (Å²) in [7, 11) is -4.30. The number of hydrogen-bond donors (Lipinski definition) is 1. The second-order valence-electron chi connectivity index (χ2n) is 13.3. The van der Waals surface area contributed by atoms with Gasteiger partial charge in [0.15, 0.2) is 31.6 Å². The van der Waals surface area contributed by atoms with E-state index < -0.39 is 14.3 Å². The third kappa shape index (κ3) is 11.7. The number of nitrogens with one attached hydrogen (secondary N) is 1. The van der Waals surface area contributed by atoms with Crippen molar-refractivity contribution in [2.45, 2.75) is 74.4 Å². The Kier molecular flexibility index (Phi) is 16.4. The molecule has 0 saturated carbocycles. The fourth-order valence-electron chi connectivity index (χ4n) is 4.95. The maximum Gasteiger partial charge on any atom is 0.194 e. The summed E-state index contributed by atoms with van der Waals surface area (Å²) in [5, 5.41) is 12.9. The van der Waals surface area contributed by atoms with Crippen molar-refractivity contribution in [2.24, 2.45) is 0 Å². The van der Waals surface area contributed by atoms with Gasteiger partial charge in [-0.15, -0.1) is 0 Å². The van der Waals surface area contributed by atoms with E-state index in [2.05, 4.69) is 62.9 Å². The second-order valence-corrected chi connectivity index (χ2v) is 21.3. The zero-order valence-corrected chi connectivity index (χ0v) is 37.5. The lowest BCUT2D eigenvalue weighted by Gasteiger charge is -2.12. The van der Waals surface area contributed by atoms with Crippen LogP contribution in [0.15, 0.2) is 61.2 Å². The number of halogens is 2. The Hall–Kier alpha value is -3.69. The zero-order chi connectivity index (χ0) is 40.4. The number of anilines is 2. The summed E-state index contributed by atoms with van der Waals surface area (Å²) >= 11 is 7.99. The van der Waals surface area contributed by atoms with Crippen molar-refractivity contribution in [1.82, 2.24) is 39.0 Å². The predicted molar refractivity (Wildman–Crippen MR) is 233 cm³/mol. The van der Waals surface area contributed by atoms with Crippen molar-refractivity contribution in [1.29, 1.82) is 5.26 Å². The van der Waals surface area contributed by atoms with Gasteiger partial charge in [-0.2, -0.15) is 5.26 Å².